The van der Waals surface area contributed by atoms with Crippen LogP contribution in [0, 0.1) is 5.92 Å². The second-order valence-electron chi connectivity index (χ2n) is 6.49. The van der Waals surface area contributed by atoms with E-state index in [2.05, 4.69) is 15.7 Å². The number of aromatic nitrogens is 2. The largest absolute Gasteiger partial charge is 0.481 e. The van der Waals surface area contributed by atoms with E-state index in [1.165, 1.54) is 0 Å². The molecule has 0 aliphatic heterocycles. The van der Waals surface area contributed by atoms with Gasteiger partial charge in [0.1, 0.15) is 5.82 Å². The number of rotatable bonds is 5. The monoisotopic (exact) mass is 376 g/mol. The number of hydrogen-bond donors (Lipinski definition) is 3. The summed E-state index contributed by atoms with van der Waals surface area (Å²) in [6, 6.07) is 8.88. The molecule has 0 saturated heterocycles. The minimum absolute atomic E-state index is 0.00163. The Bertz CT molecular complexity index is 767. The number of amides is 2. The van der Waals surface area contributed by atoms with Crippen LogP contribution >= 0.6 is 11.6 Å². The molecule has 3 rings (SSSR count). The summed E-state index contributed by atoms with van der Waals surface area (Å²) in [5.74, 6) is -0.451. The van der Waals surface area contributed by atoms with Crippen molar-refractivity contribution in [1.29, 1.82) is 0 Å². The summed E-state index contributed by atoms with van der Waals surface area (Å²) in [7, 11) is 0. The molecule has 1 aliphatic rings. The number of benzene rings is 1. The number of carboxylic acid groups (broad SMARTS) is 1. The predicted octanol–water partition coefficient (Wildman–Crippen LogP) is 3.35. The molecule has 0 atom stereocenters. The Labute approximate surface area is 156 Å². The number of carboxylic acids is 1. The molecule has 1 aliphatic carbocycles. The maximum Gasteiger partial charge on any atom is 0.320 e. The van der Waals surface area contributed by atoms with Crippen molar-refractivity contribution in [3.05, 3.63) is 47.1 Å². The SMILES string of the molecule is O=C(Nc1ccnn1Cc1ccc(Cl)cc1)NC1CCC(C(=O)O)CC1. The zero-order valence-electron chi connectivity index (χ0n) is 14.2. The highest BCUT2D eigenvalue weighted by Crippen LogP contribution is 2.24. The summed E-state index contributed by atoms with van der Waals surface area (Å²) < 4.78 is 1.70. The maximum absolute atomic E-state index is 12.2. The molecule has 0 bridgehead atoms. The van der Waals surface area contributed by atoms with Crippen LogP contribution in [0.4, 0.5) is 10.6 Å². The molecular formula is C18H21ClN4O3. The highest BCUT2D eigenvalue weighted by atomic mass is 35.5. The van der Waals surface area contributed by atoms with Crippen molar-refractivity contribution in [1.82, 2.24) is 15.1 Å². The molecule has 0 spiro atoms. The van der Waals surface area contributed by atoms with Crippen LogP contribution < -0.4 is 10.6 Å². The minimum Gasteiger partial charge on any atom is -0.481 e. The van der Waals surface area contributed by atoms with Gasteiger partial charge in [-0.25, -0.2) is 9.48 Å². The number of carbonyl (C=O) groups excluding carboxylic acids is 1. The smallest absolute Gasteiger partial charge is 0.320 e. The Hall–Kier alpha value is -2.54. The van der Waals surface area contributed by atoms with E-state index in [-0.39, 0.29) is 18.0 Å². The fraction of sp³-hybridized carbons (Fsp3) is 0.389. The number of nitrogens with one attached hydrogen (secondary N) is 2. The van der Waals surface area contributed by atoms with Crippen molar-refractivity contribution in [3.8, 4) is 0 Å². The Morgan fingerprint density at radius 2 is 1.85 bits per heavy atom. The van der Waals surface area contributed by atoms with Gasteiger partial charge in [0.05, 0.1) is 18.7 Å². The first kappa shape index (κ1) is 18.3. The lowest BCUT2D eigenvalue weighted by Crippen LogP contribution is -2.41. The molecule has 26 heavy (non-hydrogen) atoms. The molecule has 1 aromatic carbocycles. The number of aliphatic carboxylic acids is 1. The fourth-order valence-corrected chi connectivity index (χ4v) is 3.28. The van der Waals surface area contributed by atoms with Gasteiger partial charge in [-0.1, -0.05) is 23.7 Å². The van der Waals surface area contributed by atoms with E-state index < -0.39 is 5.97 Å². The lowest BCUT2D eigenvalue weighted by atomic mass is 9.86. The molecule has 138 valence electrons. The van der Waals surface area contributed by atoms with E-state index >= 15 is 0 Å². The standard InChI is InChI=1S/C18H21ClN4O3/c19-14-5-1-12(2-6-14)11-23-16(9-10-20-23)22-18(26)21-15-7-3-13(4-8-15)17(24)25/h1-2,5-6,9-10,13,15H,3-4,7-8,11H2,(H,24,25)(H2,21,22,26). The third-order valence-electron chi connectivity index (χ3n) is 4.62. The molecule has 2 amide bonds. The molecule has 1 aromatic heterocycles. The third-order valence-corrected chi connectivity index (χ3v) is 4.87. The van der Waals surface area contributed by atoms with Gasteiger partial charge in [0, 0.05) is 17.1 Å². The van der Waals surface area contributed by atoms with Crippen molar-refractivity contribution >= 4 is 29.4 Å². The van der Waals surface area contributed by atoms with E-state index in [9.17, 15) is 9.59 Å². The first-order chi connectivity index (χ1) is 12.5. The zero-order valence-corrected chi connectivity index (χ0v) is 14.9. The van der Waals surface area contributed by atoms with Crippen molar-refractivity contribution in [2.24, 2.45) is 5.92 Å². The quantitative estimate of drug-likeness (QED) is 0.745. The van der Waals surface area contributed by atoms with Gasteiger partial charge in [0.2, 0.25) is 0 Å². The third kappa shape index (κ3) is 4.76. The summed E-state index contributed by atoms with van der Waals surface area (Å²) in [4.78, 5) is 23.2. The second kappa shape index (κ2) is 8.23. The van der Waals surface area contributed by atoms with Gasteiger partial charge < -0.3 is 10.4 Å². The normalized spacial score (nSPS) is 19.7. The molecule has 7 nitrogen and oxygen atoms in total. The van der Waals surface area contributed by atoms with E-state index in [0.717, 1.165) is 5.56 Å². The Morgan fingerprint density at radius 3 is 2.50 bits per heavy atom. The highest BCUT2D eigenvalue weighted by molar-refractivity contribution is 6.30. The molecule has 0 unspecified atom stereocenters. The number of hydrogen-bond acceptors (Lipinski definition) is 3. The molecule has 2 aromatic rings. The van der Waals surface area contributed by atoms with Crippen molar-refractivity contribution in [2.75, 3.05) is 5.32 Å². The van der Waals surface area contributed by atoms with Crippen LogP contribution in [0.5, 0.6) is 0 Å². The van der Waals surface area contributed by atoms with Gasteiger partial charge in [-0.3, -0.25) is 10.1 Å². The summed E-state index contributed by atoms with van der Waals surface area (Å²) in [6.07, 6.45) is 4.16. The number of halogens is 1. The molecular weight excluding hydrogens is 356 g/mol. The summed E-state index contributed by atoms with van der Waals surface area (Å²) in [5, 5.41) is 19.7. The minimum atomic E-state index is -0.751. The van der Waals surface area contributed by atoms with Crippen LogP contribution in [0.25, 0.3) is 0 Å². The first-order valence-electron chi connectivity index (χ1n) is 8.58. The van der Waals surface area contributed by atoms with E-state index in [0.29, 0.717) is 43.1 Å². The summed E-state index contributed by atoms with van der Waals surface area (Å²) >= 11 is 5.89. The molecule has 3 N–H and O–H groups in total. The van der Waals surface area contributed by atoms with Crippen LogP contribution in [0.2, 0.25) is 5.02 Å². The number of urea groups is 1. The van der Waals surface area contributed by atoms with Gasteiger partial charge in [0.25, 0.3) is 0 Å². The van der Waals surface area contributed by atoms with Crippen molar-refractivity contribution < 1.29 is 14.7 Å². The predicted molar refractivity (Wildman–Crippen MR) is 98.3 cm³/mol. The van der Waals surface area contributed by atoms with Crippen molar-refractivity contribution in [3.63, 3.8) is 0 Å². The number of carbonyl (C=O) groups is 2. The van der Waals surface area contributed by atoms with Gasteiger partial charge in [-0.15, -0.1) is 0 Å². The highest BCUT2D eigenvalue weighted by Gasteiger charge is 2.26. The Balaban J connectivity index is 1.53. The molecule has 8 heteroatoms. The van der Waals surface area contributed by atoms with Crippen LogP contribution in [0.1, 0.15) is 31.2 Å². The molecule has 1 fully saturated rings. The van der Waals surface area contributed by atoms with Gasteiger partial charge in [-0.2, -0.15) is 5.10 Å². The zero-order chi connectivity index (χ0) is 18.5. The van der Waals surface area contributed by atoms with Crippen molar-refractivity contribution in [2.45, 2.75) is 38.3 Å². The topological polar surface area (TPSA) is 96.3 Å². The fourth-order valence-electron chi connectivity index (χ4n) is 3.15. The maximum atomic E-state index is 12.2. The average Bonchev–Trinajstić information content (AvgIpc) is 3.04. The van der Waals surface area contributed by atoms with Gasteiger partial charge in [0.15, 0.2) is 0 Å². The Kier molecular flexibility index (Phi) is 5.78. The lowest BCUT2D eigenvalue weighted by Gasteiger charge is -2.26. The van der Waals surface area contributed by atoms with Crippen LogP contribution in [-0.4, -0.2) is 32.9 Å². The second-order valence-corrected chi connectivity index (χ2v) is 6.92. The lowest BCUT2D eigenvalue weighted by molar-refractivity contribution is -0.142. The summed E-state index contributed by atoms with van der Waals surface area (Å²) in [6.45, 7) is 0.517. The number of nitrogens with zero attached hydrogens (tertiary/aromatic N) is 2. The Morgan fingerprint density at radius 1 is 1.15 bits per heavy atom. The summed E-state index contributed by atoms with van der Waals surface area (Å²) in [5.41, 5.74) is 1.02. The molecule has 1 heterocycles. The van der Waals surface area contributed by atoms with E-state index in [1.54, 1.807) is 16.9 Å². The average molecular weight is 377 g/mol. The van der Waals surface area contributed by atoms with Gasteiger partial charge in [-0.05, 0) is 43.4 Å². The molecule has 1 saturated carbocycles. The first-order valence-corrected chi connectivity index (χ1v) is 8.95. The van der Waals surface area contributed by atoms with Crippen LogP contribution in [0.3, 0.4) is 0 Å². The number of anilines is 1. The van der Waals surface area contributed by atoms with Crippen LogP contribution in [-0.2, 0) is 11.3 Å². The van der Waals surface area contributed by atoms with E-state index in [4.69, 9.17) is 16.7 Å². The molecule has 0 radical (unpaired) electrons. The van der Waals surface area contributed by atoms with E-state index in [1.807, 2.05) is 24.3 Å². The van der Waals surface area contributed by atoms with Crippen LogP contribution in [0.15, 0.2) is 36.5 Å². The van der Waals surface area contributed by atoms with Gasteiger partial charge >= 0.3 is 12.0 Å².